The fraction of sp³-hybridized carbons (Fsp3) is 0.857. The van der Waals surface area contributed by atoms with Crippen molar-refractivity contribution in [1.82, 2.24) is 9.80 Å². The molecule has 1 aliphatic carbocycles. The molecule has 2 atom stereocenters. The maximum Gasteiger partial charge on any atom is 0.306 e. The van der Waals surface area contributed by atoms with Crippen molar-refractivity contribution in [3.8, 4) is 0 Å². The molecule has 110 valence electrons. The molecule has 1 aliphatic rings. The van der Waals surface area contributed by atoms with E-state index in [0.717, 1.165) is 32.5 Å². The number of nitrogens with zero attached hydrogens (tertiary/aromatic N) is 2. The topological polar surface area (TPSA) is 60.9 Å². The molecule has 1 rings (SSSR count). The van der Waals surface area contributed by atoms with Crippen molar-refractivity contribution in [3.05, 3.63) is 0 Å². The summed E-state index contributed by atoms with van der Waals surface area (Å²) in [6.07, 6.45) is 2.81. The zero-order valence-electron chi connectivity index (χ0n) is 12.3. The number of rotatable bonds is 7. The fourth-order valence-electron chi connectivity index (χ4n) is 2.61. The predicted octanol–water partition coefficient (Wildman–Crippen LogP) is 1.29. The first-order valence-corrected chi connectivity index (χ1v) is 7.12. The van der Waals surface area contributed by atoms with Crippen molar-refractivity contribution in [3.63, 3.8) is 0 Å². The van der Waals surface area contributed by atoms with Gasteiger partial charge in [0, 0.05) is 25.6 Å². The fourth-order valence-corrected chi connectivity index (χ4v) is 2.61. The Hall–Kier alpha value is -1.10. The van der Waals surface area contributed by atoms with Crippen LogP contribution in [0.2, 0.25) is 0 Å². The largest absolute Gasteiger partial charge is 0.481 e. The number of amides is 1. The van der Waals surface area contributed by atoms with E-state index in [9.17, 15) is 9.59 Å². The summed E-state index contributed by atoms with van der Waals surface area (Å²) in [6.45, 7) is 4.40. The number of carbonyl (C=O) groups excluding carboxylic acids is 1. The minimum Gasteiger partial charge on any atom is -0.481 e. The van der Waals surface area contributed by atoms with Crippen LogP contribution in [-0.4, -0.2) is 60.5 Å². The van der Waals surface area contributed by atoms with E-state index in [1.54, 1.807) is 0 Å². The molecule has 0 radical (unpaired) electrons. The van der Waals surface area contributed by atoms with Crippen LogP contribution < -0.4 is 0 Å². The van der Waals surface area contributed by atoms with Gasteiger partial charge in [-0.25, -0.2) is 0 Å². The van der Waals surface area contributed by atoms with Crippen molar-refractivity contribution in [1.29, 1.82) is 0 Å². The summed E-state index contributed by atoms with van der Waals surface area (Å²) < 4.78 is 0. The van der Waals surface area contributed by atoms with Gasteiger partial charge in [0.2, 0.25) is 5.91 Å². The normalized spacial score (nSPS) is 22.7. The van der Waals surface area contributed by atoms with Crippen LogP contribution in [0, 0.1) is 11.8 Å². The van der Waals surface area contributed by atoms with Gasteiger partial charge >= 0.3 is 5.97 Å². The van der Waals surface area contributed by atoms with Crippen LogP contribution in [0.15, 0.2) is 0 Å². The summed E-state index contributed by atoms with van der Waals surface area (Å²) in [6, 6.07) is 0. The van der Waals surface area contributed by atoms with Crippen LogP contribution in [0.4, 0.5) is 0 Å². The maximum absolute atomic E-state index is 12.4. The van der Waals surface area contributed by atoms with E-state index < -0.39 is 5.97 Å². The summed E-state index contributed by atoms with van der Waals surface area (Å²) in [7, 11) is 3.98. The molecule has 1 saturated carbocycles. The monoisotopic (exact) mass is 270 g/mol. The van der Waals surface area contributed by atoms with Crippen LogP contribution in [0.25, 0.3) is 0 Å². The molecule has 1 fully saturated rings. The predicted molar refractivity (Wildman–Crippen MR) is 73.9 cm³/mol. The minimum absolute atomic E-state index is 0.0881. The van der Waals surface area contributed by atoms with Gasteiger partial charge < -0.3 is 14.9 Å². The highest BCUT2D eigenvalue weighted by Gasteiger charge is 2.35. The number of carboxylic acids is 1. The van der Waals surface area contributed by atoms with Crippen LogP contribution in [0.5, 0.6) is 0 Å². The van der Waals surface area contributed by atoms with Crippen LogP contribution in [0.3, 0.4) is 0 Å². The molecular formula is C14H26N2O3. The second-order valence-corrected chi connectivity index (χ2v) is 5.67. The first kappa shape index (κ1) is 16.0. The first-order valence-electron chi connectivity index (χ1n) is 7.12. The molecule has 0 spiro atoms. The average Bonchev–Trinajstić information content (AvgIpc) is 2.83. The van der Waals surface area contributed by atoms with Gasteiger partial charge in [0.1, 0.15) is 0 Å². The van der Waals surface area contributed by atoms with E-state index in [4.69, 9.17) is 5.11 Å². The lowest BCUT2D eigenvalue weighted by atomic mass is 10.0. The van der Waals surface area contributed by atoms with E-state index >= 15 is 0 Å². The number of hydrogen-bond acceptors (Lipinski definition) is 3. The summed E-state index contributed by atoms with van der Waals surface area (Å²) >= 11 is 0. The highest BCUT2D eigenvalue weighted by molar-refractivity contribution is 5.81. The lowest BCUT2D eigenvalue weighted by molar-refractivity contribution is -0.141. The van der Waals surface area contributed by atoms with Crippen molar-refractivity contribution in [2.45, 2.75) is 32.6 Å². The minimum atomic E-state index is -0.759. The molecule has 0 aromatic carbocycles. The lowest BCUT2D eigenvalue weighted by Gasteiger charge is -2.26. The molecule has 19 heavy (non-hydrogen) atoms. The van der Waals surface area contributed by atoms with Gasteiger partial charge in [-0.3, -0.25) is 9.59 Å². The van der Waals surface area contributed by atoms with Crippen molar-refractivity contribution in [2.24, 2.45) is 11.8 Å². The number of likely N-dealkylation sites (N-methyl/N-ethyl adjacent to an activating group) is 1. The van der Waals surface area contributed by atoms with Gasteiger partial charge in [-0.15, -0.1) is 0 Å². The number of hydrogen-bond donors (Lipinski definition) is 1. The van der Waals surface area contributed by atoms with E-state index in [0.29, 0.717) is 12.8 Å². The Morgan fingerprint density at radius 1 is 1.11 bits per heavy atom. The molecule has 1 amide bonds. The van der Waals surface area contributed by atoms with Crippen LogP contribution >= 0.6 is 0 Å². The maximum atomic E-state index is 12.4. The zero-order chi connectivity index (χ0) is 14.4. The Morgan fingerprint density at radius 2 is 1.74 bits per heavy atom. The molecule has 0 bridgehead atoms. The van der Waals surface area contributed by atoms with E-state index in [1.165, 1.54) is 0 Å². The second-order valence-electron chi connectivity index (χ2n) is 5.67. The van der Waals surface area contributed by atoms with Gasteiger partial charge in [0.05, 0.1) is 5.92 Å². The zero-order valence-corrected chi connectivity index (χ0v) is 12.3. The average molecular weight is 270 g/mol. The van der Waals surface area contributed by atoms with Gasteiger partial charge in [-0.1, -0.05) is 6.92 Å². The highest BCUT2D eigenvalue weighted by Crippen LogP contribution is 2.32. The second kappa shape index (κ2) is 7.48. The summed E-state index contributed by atoms with van der Waals surface area (Å²) in [5, 5.41) is 9.00. The van der Waals surface area contributed by atoms with Crippen molar-refractivity contribution >= 4 is 11.9 Å². The summed E-state index contributed by atoms with van der Waals surface area (Å²) in [5.74, 6) is -1.03. The van der Waals surface area contributed by atoms with E-state index in [1.807, 2.05) is 19.0 Å². The van der Waals surface area contributed by atoms with Crippen molar-refractivity contribution in [2.75, 3.05) is 33.7 Å². The Bertz CT molecular complexity index is 318. The summed E-state index contributed by atoms with van der Waals surface area (Å²) in [5.41, 5.74) is 0. The molecule has 0 aromatic heterocycles. The number of aliphatic carboxylic acids is 1. The van der Waals surface area contributed by atoms with Gasteiger partial charge in [-0.2, -0.15) is 0 Å². The lowest BCUT2D eigenvalue weighted by Crippen LogP contribution is -2.40. The van der Waals surface area contributed by atoms with E-state index in [-0.39, 0.29) is 17.7 Å². The Balaban J connectivity index is 2.54. The molecule has 5 nitrogen and oxygen atoms in total. The summed E-state index contributed by atoms with van der Waals surface area (Å²) in [4.78, 5) is 27.3. The van der Waals surface area contributed by atoms with Gasteiger partial charge in [-0.05, 0) is 39.8 Å². The molecule has 0 aromatic rings. The standard InChI is InChI=1S/C14H26N2O3/c1-4-7-16(9-8-15(2)3)13(17)11-5-6-12(10-11)14(18)19/h11-12H,4-10H2,1-3H3,(H,18,19). The third kappa shape index (κ3) is 4.82. The smallest absolute Gasteiger partial charge is 0.306 e. The first-order chi connectivity index (χ1) is 8.95. The molecular weight excluding hydrogens is 244 g/mol. The third-order valence-corrected chi connectivity index (χ3v) is 3.75. The SMILES string of the molecule is CCCN(CCN(C)C)C(=O)C1CCC(C(=O)O)C1. The van der Waals surface area contributed by atoms with Crippen molar-refractivity contribution < 1.29 is 14.7 Å². The van der Waals surface area contributed by atoms with Crippen LogP contribution in [-0.2, 0) is 9.59 Å². The van der Waals surface area contributed by atoms with Gasteiger partial charge in [0.15, 0.2) is 0 Å². The number of carbonyl (C=O) groups is 2. The molecule has 1 N–H and O–H groups in total. The van der Waals surface area contributed by atoms with E-state index in [2.05, 4.69) is 11.8 Å². The molecule has 2 unspecified atom stereocenters. The number of carboxylic acid groups (broad SMARTS) is 1. The Kier molecular flexibility index (Phi) is 6.28. The van der Waals surface area contributed by atoms with Crippen LogP contribution in [0.1, 0.15) is 32.6 Å². The third-order valence-electron chi connectivity index (χ3n) is 3.75. The highest BCUT2D eigenvalue weighted by atomic mass is 16.4. The quantitative estimate of drug-likeness (QED) is 0.757. The molecule has 5 heteroatoms. The Labute approximate surface area is 115 Å². The Morgan fingerprint density at radius 3 is 2.21 bits per heavy atom. The molecule has 0 heterocycles. The van der Waals surface area contributed by atoms with Gasteiger partial charge in [0.25, 0.3) is 0 Å². The molecule has 0 aliphatic heterocycles. The molecule has 0 saturated heterocycles.